The standard InChI is InChI=1S/C14H23N5/c1-12(2)14(11-18-7-4-5-16-18)15-6-8-19-10-13(3)9-17-19/h4-5,7,9-10,12,14-15H,6,8,11H2,1-3H3. The maximum Gasteiger partial charge on any atom is 0.0565 e. The Morgan fingerprint density at radius 2 is 2.11 bits per heavy atom. The van der Waals surface area contributed by atoms with Crippen LogP contribution in [0.5, 0.6) is 0 Å². The van der Waals surface area contributed by atoms with Crippen molar-refractivity contribution in [3.63, 3.8) is 0 Å². The Morgan fingerprint density at radius 1 is 1.26 bits per heavy atom. The number of rotatable bonds is 7. The van der Waals surface area contributed by atoms with Crippen LogP contribution in [0.3, 0.4) is 0 Å². The monoisotopic (exact) mass is 261 g/mol. The molecule has 1 unspecified atom stereocenters. The molecule has 5 nitrogen and oxygen atoms in total. The van der Waals surface area contributed by atoms with Crippen molar-refractivity contribution in [2.45, 2.75) is 39.9 Å². The summed E-state index contributed by atoms with van der Waals surface area (Å²) in [5.74, 6) is 0.573. The van der Waals surface area contributed by atoms with Gasteiger partial charge in [-0.25, -0.2) is 0 Å². The Hall–Kier alpha value is -1.62. The lowest BCUT2D eigenvalue weighted by molar-refractivity contribution is 0.335. The minimum absolute atomic E-state index is 0.427. The third-order valence-electron chi connectivity index (χ3n) is 3.26. The first-order valence-corrected chi connectivity index (χ1v) is 6.85. The van der Waals surface area contributed by atoms with Gasteiger partial charge in [-0.05, 0) is 24.5 Å². The molecule has 0 fully saturated rings. The predicted octanol–water partition coefficient (Wildman–Crippen LogP) is 1.70. The number of hydrogen-bond acceptors (Lipinski definition) is 3. The maximum atomic E-state index is 4.29. The van der Waals surface area contributed by atoms with Gasteiger partial charge in [0.1, 0.15) is 0 Å². The van der Waals surface area contributed by atoms with Crippen molar-refractivity contribution >= 4 is 0 Å². The zero-order valence-corrected chi connectivity index (χ0v) is 12.0. The summed E-state index contributed by atoms with van der Waals surface area (Å²) in [4.78, 5) is 0. The maximum absolute atomic E-state index is 4.29. The molecule has 1 N–H and O–H groups in total. The van der Waals surface area contributed by atoms with E-state index < -0.39 is 0 Å². The third kappa shape index (κ3) is 4.21. The van der Waals surface area contributed by atoms with Crippen molar-refractivity contribution in [3.05, 3.63) is 36.4 Å². The molecule has 0 amide bonds. The van der Waals surface area contributed by atoms with Gasteiger partial charge in [0.25, 0.3) is 0 Å². The summed E-state index contributed by atoms with van der Waals surface area (Å²) in [6.45, 7) is 9.26. The van der Waals surface area contributed by atoms with E-state index in [1.807, 2.05) is 34.0 Å². The van der Waals surface area contributed by atoms with E-state index in [1.54, 1.807) is 0 Å². The molecule has 0 aliphatic heterocycles. The molecule has 2 rings (SSSR count). The van der Waals surface area contributed by atoms with Crippen LogP contribution in [0, 0.1) is 12.8 Å². The van der Waals surface area contributed by atoms with Crippen LogP contribution in [0.15, 0.2) is 30.9 Å². The van der Waals surface area contributed by atoms with Crippen molar-refractivity contribution in [1.29, 1.82) is 0 Å². The summed E-state index contributed by atoms with van der Waals surface area (Å²) in [6, 6.07) is 2.39. The normalized spacial score (nSPS) is 13.1. The van der Waals surface area contributed by atoms with Crippen LogP contribution in [0.25, 0.3) is 0 Å². The molecule has 2 heterocycles. The third-order valence-corrected chi connectivity index (χ3v) is 3.26. The SMILES string of the molecule is Cc1cnn(CCNC(Cn2cccn2)C(C)C)c1. The van der Waals surface area contributed by atoms with Gasteiger partial charge >= 0.3 is 0 Å². The highest BCUT2D eigenvalue weighted by Crippen LogP contribution is 2.04. The van der Waals surface area contributed by atoms with Gasteiger partial charge in [-0.15, -0.1) is 0 Å². The van der Waals surface area contributed by atoms with Gasteiger partial charge < -0.3 is 5.32 Å². The van der Waals surface area contributed by atoms with Crippen LogP contribution in [0.1, 0.15) is 19.4 Å². The van der Waals surface area contributed by atoms with Crippen LogP contribution < -0.4 is 5.32 Å². The molecule has 0 saturated carbocycles. The molecule has 0 bridgehead atoms. The molecule has 2 aromatic heterocycles. The summed E-state index contributed by atoms with van der Waals surface area (Å²) in [5, 5.41) is 12.2. The molecule has 0 aliphatic carbocycles. The Kier molecular flexibility index (Phi) is 4.74. The molecule has 0 aliphatic rings. The zero-order chi connectivity index (χ0) is 13.7. The molecule has 0 saturated heterocycles. The second kappa shape index (κ2) is 6.52. The van der Waals surface area contributed by atoms with Crippen LogP contribution in [-0.4, -0.2) is 32.1 Å². The number of nitrogens with zero attached hydrogens (tertiary/aromatic N) is 4. The van der Waals surface area contributed by atoms with Gasteiger partial charge in [0.05, 0.1) is 19.3 Å². The number of hydrogen-bond donors (Lipinski definition) is 1. The fraction of sp³-hybridized carbons (Fsp3) is 0.571. The van der Waals surface area contributed by atoms with E-state index in [1.165, 1.54) is 5.56 Å². The summed E-state index contributed by atoms with van der Waals surface area (Å²) < 4.78 is 3.96. The van der Waals surface area contributed by atoms with Crippen molar-refractivity contribution in [1.82, 2.24) is 24.9 Å². The minimum Gasteiger partial charge on any atom is -0.310 e. The Bertz CT molecular complexity index is 472. The number of aromatic nitrogens is 4. The molecule has 0 aromatic carbocycles. The van der Waals surface area contributed by atoms with Crippen LogP contribution in [0.4, 0.5) is 0 Å². The minimum atomic E-state index is 0.427. The van der Waals surface area contributed by atoms with E-state index in [9.17, 15) is 0 Å². The highest BCUT2D eigenvalue weighted by atomic mass is 15.3. The highest BCUT2D eigenvalue weighted by Gasteiger charge is 2.13. The van der Waals surface area contributed by atoms with E-state index in [0.29, 0.717) is 12.0 Å². The van der Waals surface area contributed by atoms with Gasteiger partial charge in [-0.2, -0.15) is 10.2 Å². The smallest absolute Gasteiger partial charge is 0.0565 e. The average Bonchev–Trinajstić information content (AvgIpc) is 2.99. The Balaban J connectivity index is 1.80. The Morgan fingerprint density at radius 3 is 2.68 bits per heavy atom. The van der Waals surface area contributed by atoms with Crippen molar-refractivity contribution < 1.29 is 0 Å². The molecule has 2 aromatic rings. The van der Waals surface area contributed by atoms with Gasteiger partial charge in [-0.1, -0.05) is 13.8 Å². The summed E-state index contributed by atoms with van der Waals surface area (Å²) in [5.41, 5.74) is 1.21. The van der Waals surface area contributed by atoms with E-state index >= 15 is 0 Å². The first-order valence-electron chi connectivity index (χ1n) is 6.85. The van der Waals surface area contributed by atoms with Crippen molar-refractivity contribution in [3.8, 4) is 0 Å². The molecule has 0 radical (unpaired) electrons. The van der Waals surface area contributed by atoms with Crippen LogP contribution >= 0.6 is 0 Å². The van der Waals surface area contributed by atoms with E-state index in [4.69, 9.17) is 0 Å². The largest absolute Gasteiger partial charge is 0.310 e. The summed E-state index contributed by atoms with van der Waals surface area (Å²) >= 11 is 0. The van der Waals surface area contributed by atoms with Gasteiger partial charge in [0.15, 0.2) is 0 Å². The molecule has 104 valence electrons. The fourth-order valence-electron chi connectivity index (χ4n) is 2.07. The second-order valence-electron chi connectivity index (χ2n) is 5.31. The fourth-order valence-corrected chi connectivity index (χ4v) is 2.07. The summed E-state index contributed by atoms with van der Waals surface area (Å²) in [7, 11) is 0. The van der Waals surface area contributed by atoms with Crippen molar-refractivity contribution in [2.75, 3.05) is 6.54 Å². The molecular weight excluding hydrogens is 238 g/mol. The van der Waals surface area contributed by atoms with Crippen LogP contribution in [-0.2, 0) is 13.1 Å². The lowest BCUT2D eigenvalue weighted by atomic mass is 10.0. The first kappa shape index (κ1) is 13.8. The van der Waals surface area contributed by atoms with Gasteiger partial charge in [-0.3, -0.25) is 9.36 Å². The second-order valence-corrected chi connectivity index (χ2v) is 5.31. The van der Waals surface area contributed by atoms with Crippen LogP contribution in [0.2, 0.25) is 0 Å². The van der Waals surface area contributed by atoms with Crippen molar-refractivity contribution in [2.24, 2.45) is 5.92 Å². The first-order chi connectivity index (χ1) is 9.15. The Labute approximate surface area is 114 Å². The van der Waals surface area contributed by atoms with E-state index in [-0.39, 0.29) is 0 Å². The van der Waals surface area contributed by atoms with E-state index in [2.05, 4.69) is 42.5 Å². The molecule has 5 heteroatoms. The van der Waals surface area contributed by atoms with E-state index in [0.717, 1.165) is 19.6 Å². The number of nitrogens with one attached hydrogen (secondary N) is 1. The quantitative estimate of drug-likeness (QED) is 0.825. The van der Waals surface area contributed by atoms with Gasteiger partial charge in [0.2, 0.25) is 0 Å². The predicted molar refractivity (Wildman–Crippen MR) is 75.8 cm³/mol. The summed E-state index contributed by atoms with van der Waals surface area (Å²) in [6.07, 6.45) is 7.79. The molecule has 19 heavy (non-hydrogen) atoms. The molecular formula is C14H23N5. The highest BCUT2D eigenvalue weighted by molar-refractivity contribution is 4.99. The average molecular weight is 261 g/mol. The molecule has 1 atom stereocenters. The van der Waals surface area contributed by atoms with Gasteiger partial charge in [0, 0.05) is 31.2 Å². The lowest BCUT2D eigenvalue weighted by Gasteiger charge is -2.22. The zero-order valence-electron chi connectivity index (χ0n) is 12.0. The topological polar surface area (TPSA) is 47.7 Å². The number of aryl methyl sites for hydroxylation is 1. The molecule has 0 spiro atoms. The lowest BCUT2D eigenvalue weighted by Crippen LogP contribution is -2.39.